The van der Waals surface area contributed by atoms with Gasteiger partial charge in [-0.05, 0) is 12.1 Å². The molecule has 1 unspecified atom stereocenters. The first kappa shape index (κ1) is 15.2. The van der Waals surface area contributed by atoms with E-state index in [1.807, 2.05) is 6.07 Å². The molecule has 0 aliphatic heterocycles. The molecule has 2 aromatic rings. The van der Waals surface area contributed by atoms with Gasteiger partial charge in [0.05, 0.1) is 12.7 Å². The minimum absolute atomic E-state index is 0.0563. The van der Waals surface area contributed by atoms with Crippen LogP contribution in [0.2, 0.25) is 0 Å². The number of methoxy groups -OCH3 is 1. The fourth-order valence-corrected chi connectivity index (χ4v) is 2.18. The number of aromatic nitrogens is 1. The van der Waals surface area contributed by atoms with E-state index >= 15 is 0 Å². The molecule has 1 amide bonds. The van der Waals surface area contributed by atoms with Crippen LogP contribution in [0.4, 0.5) is 0 Å². The Morgan fingerprint density at radius 2 is 2.14 bits per heavy atom. The highest BCUT2D eigenvalue weighted by molar-refractivity contribution is 5.96. The lowest BCUT2D eigenvalue weighted by atomic mass is 10.1. The summed E-state index contributed by atoms with van der Waals surface area (Å²) in [5, 5.41) is 10.1. The molecule has 0 fully saturated rings. The van der Waals surface area contributed by atoms with Crippen molar-refractivity contribution >= 4 is 16.8 Å². The normalized spacial score (nSPS) is 12.3. The van der Waals surface area contributed by atoms with E-state index < -0.39 is 12.0 Å². The maximum absolute atomic E-state index is 12.3. The number of nitrogens with one attached hydrogen (secondary N) is 1. The second-order valence-corrected chi connectivity index (χ2v) is 4.87. The summed E-state index contributed by atoms with van der Waals surface area (Å²) in [6.07, 6.45) is 0.620. The number of carbonyl (C=O) groups is 1. The molecule has 0 saturated carbocycles. The van der Waals surface area contributed by atoms with Crippen LogP contribution in [0.1, 0.15) is 10.4 Å². The molecule has 0 spiro atoms. The number of hydrogen-bond donors (Lipinski definition) is 2. The van der Waals surface area contributed by atoms with Crippen molar-refractivity contribution in [1.29, 1.82) is 0 Å². The number of amides is 1. The van der Waals surface area contributed by atoms with Crippen molar-refractivity contribution in [3.63, 3.8) is 0 Å². The number of benzene rings is 1. The van der Waals surface area contributed by atoms with Crippen LogP contribution in [-0.2, 0) is 4.74 Å². The lowest BCUT2D eigenvalue weighted by Crippen LogP contribution is -2.38. The number of aromatic amines is 1. The van der Waals surface area contributed by atoms with E-state index in [1.54, 1.807) is 18.2 Å². The summed E-state index contributed by atoms with van der Waals surface area (Å²) < 4.78 is 4.82. The molecular formula is C15H18N2O4. The molecule has 0 saturated heterocycles. The molecule has 1 heterocycles. The average molecular weight is 290 g/mol. The summed E-state index contributed by atoms with van der Waals surface area (Å²) in [5.41, 5.74) is 0.421. The fourth-order valence-electron chi connectivity index (χ4n) is 2.18. The smallest absolute Gasteiger partial charge is 0.259 e. The number of nitrogens with zero attached hydrogens (tertiary/aromatic N) is 1. The Kier molecular flexibility index (Phi) is 4.72. The number of pyridine rings is 1. The van der Waals surface area contributed by atoms with Gasteiger partial charge < -0.3 is 19.7 Å². The Labute approximate surface area is 122 Å². The van der Waals surface area contributed by atoms with Gasteiger partial charge in [0.1, 0.15) is 5.56 Å². The Morgan fingerprint density at radius 1 is 1.43 bits per heavy atom. The first-order chi connectivity index (χ1) is 10.0. The van der Waals surface area contributed by atoms with Gasteiger partial charge in [-0.3, -0.25) is 9.59 Å². The predicted octanol–water partition coefficient (Wildman–Crippen LogP) is 0.607. The maximum atomic E-state index is 12.3. The van der Waals surface area contributed by atoms with Crippen LogP contribution >= 0.6 is 0 Å². The molecule has 6 heteroatoms. The third-order valence-corrected chi connectivity index (χ3v) is 3.21. The van der Waals surface area contributed by atoms with E-state index in [0.717, 1.165) is 0 Å². The number of aliphatic hydroxyl groups is 1. The molecule has 6 nitrogen and oxygen atoms in total. The molecular weight excluding hydrogens is 272 g/mol. The Morgan fingerprint density at radius 3 is 2.86 bits per heavy atom. The monoisotopic (exact) mass is 290 g/mol. The number of fused-ring (bicyclic) bond motifs is 1. The van der Waals surface area contributed by atoms with Crippen molar-refractivity contribution in [3.8, 4) is 0 Å². The van der Waals surface area contributed by atoms with Crippen LogP contribution < -0.4 is 5.43 Å². The van der Waals surface area contributed by atoms with Crippen LogP contribution in [0, 0.1) is 0 Å². The van der Waals surface area contributed by atoms with E-state index in [4.69, 9.17) is 4.74 Å². The summed E-state index contributed by atoms with van der Waals surface area (Å²) >= 11 is 0. The summed E-state index contributed by atoms with van der Waals surface area (Å²) in [7, 11) is 3.01. The van der Waals surface area contributed by atoms with Gasteiger partial charge in [-0.2, -0.15) is 0 Å². The Balaban J connectivity index is 2.27. The lowest BCUT2D eigenvalue weighted by molar-refractivity contribution is 0.0379. The lowest BCUT2D eigenvalue weighted by Gasteiger charge is -2.20. The van der Waals surface area contributed by atoms with Gasteiger partial charge in [-0.25, -0.2) is 0 Å². The second-order valence-electron chi connectivity index (χ2n) is 4.87. The van der Waals surface area contributed by atoms with Crippen molar-refractivity contribution in [3.05, 3.63) is 46.2 Å². The van der Waals surface area contributed by atoms with Gasteiger partial charge in [0.2, 0.25) is 5.43 Å². The molecule has 0 radical (unpaired) electrons. The number of rotatable bonds is 5. The SMILES string of the molecule is COCC(O)CN(C)C(=O)c1c[nH]c2ccccc2c1=O. The zero-order valence-corrected chi connectivity index (χ0v) is 12.0. The summed E-state index contributed by atoms with van der Waals surface area (Å²) in [6.45, 7) is 0.227. The number of hydrogen-bond acceptors (Lipinski definition) is 4. The van der Waals surface area contributed by atoms with Gasteiger partial charge in [0, 0.05) is 37.8 Å². The van der Waals surface area contributed by atoms with Gasteiger partial charge in [0.25, 0.3) is 5.91 Å². The molecule has 0 aliphatic carbocycles. The van der Waals surface area contributed by atoms with Crippen molar-refractivity contribution in [2.75, 3.05) is 27.3 Å². The highest BCUT2D eigenvalue weighted by Crippen LogP contribution is 2.08. The highest BCUT2D eigenvalue weighted by Gasteiger charge is 2.19. The van der Waals surface area contributed by atoms with Crippen LogP contribution in [0.15, 0.2) is 35.3 Å². The third-order valence-electron chi connectivity index (χ3n) is 3.21. The number of likely N-dealkylation sites (N-methyl/N-ethyl adjacent to an activating group) is 1. The van der Waals surface area contributed by atoms with Gasteiger partial charge in [-0.1, -0.05) is 12.1 Å². The molecule has 0 bridgehead atoms. The zero-order valence-electron chi connectivity index (χ0n) is 12.0. The van der Waals surface area contributed by atoms with Crippen molar-refractivity contribution < 1.29 is 14.6 Å². The fraction of sp³-hybridized carbons (Fsp3) is 0.333. The molecule has 2 rings (SSSR count). The highest BCUT2D eigenvalue weighted by atomic mass is 16.5. The number of para-hydroxylation sites is 1. The number of carbonyl (C=O) groups excluding carboxylic acids is 1. The Hall–Kier alpha value is -2.18. The third kappa shape index (κ3) is 3.29. The van der Waals surface area contributed by atoms with E-state index in [2.05, 4.69) is 4.98 Å². The summed E-state index contributed by atoms with van der Waals surface area (Å²) in [4.78, 5) is 28.9. The van der Waals surface area contributed by atoms with E-state index in [-0.39, 0.29) is 24.1 Å². The summed E-state index contributed by atoms with van der Waals surface area (Å²) in [5.74, 6) is -0.433. The molecule has 1 atom stereocenters. The molecule has 21 heavy (non-hydrogen) atoms. The van der Waals surface area contributed by atoms with E-state index in [9.17, 15) is 14.7 Å². The van der Waals surface area contributed by atoms with Crippen LogP contribution in [0.3, 0.4) is 0 Å². The van der Waals surface area contributed by atoms with Crippen molar-refractivity contribution in [2.24, 2.45) is 0 Å². The Bertz CT molecular complexity index is 695. The number of ether oxygens (including phenoxy) is 1. The number of H-pyrrole nitrogens is 1. The molecule has 1 aromatic heterocycles. The number of aliphatic hydroxyl groups excluding tert-OH is 1. The van der Waals surface area contributed by atoms with Crippen LogP contribution in [0.25, 0.3) is 10.9 Å². The predicted molar refractivity (Wildman–Crippen MR) is 79.4 cm³/mol. The molecule has 2 N–H and O–H groups in total. The van der Waals surface area contributed by atoms with Gasteiger partial charge in [0.15, 0.2) is 0 Å². The van der Waals surface area contributed by atoms with Crippen molar-refractivity contribution in [2.45, 2.75) is 6.10 Å². The standard InChI is InChI=1S/C15H18N2O4/c1-17(8-10(18)9-21-2)15(20)12-7-16-13-6-4-3-5-11(13)14(12)19/h3-7,10,18H,8-9H2,1-2H3,(H,16,19). The molecule has 112 valence electrons. The van der Waals surface area contributed by atoms with E-state index in [0.29, 0.717) is 10.9 Å². The largest absolute Gasteiger partial charge is 0.389 e. The minimum Gasteiger partial charge on any atom is -0.389 e. The van der Waals surface area contributed by atoms with Gasteiger partial charge >= 0.3 is 0 Å². The summed E-state index contributed by atoms with van der Waals surface area (Å²) in [6, 6.07) is 7.01. The maximum Gasteiger partial charge on any atom is 0.259 e. The molecule has 0 aliphatic rings. The quantitative estimate of drug-likeness (QED) is 0.845. The van der Waals surface area contributed by atoms with E-state index in [1.165, 1.54) is 25.3 Å². The average Bonchev–Trinajstić information content (AvgIpc) is 2.47. The first-order valence-corrected chi connectivity index (χ1v) is 6.57. The second kappa shape index (κ2) is 6.51. The van der Waals surface area contributed by atoms with Crippen LogP contribution in [0.5, 0.6) is 0 Å². The topological polar surface area (TPSA) is 82.6 Å². The first-order valence-electron chi connectivity index (χ1n) is 6.57. The molecule has 1 aromatic carbocycles. The zero-order chi connectivity index (χ0) is 15.4. The van der Waals surface area contributed by atoms with Gasteiger partial charge in [-0.15, -0.1) is 0 Å². The minimum atomic E-state index is -0.788. The van der Waals surface area contributed by atoms with Crippen molar-refractivity contribution in [1.82, 2.24) is 9.88 Å². The van der Waals surface area contributed by atoms with Crippen LogP contribution in [-0.4, -0.2) is 54.3 Å².